The molecule has 1 atom stereocenters. The van der Waals surface area contributed by atoms with Gasteiger partial charge in [0.05, 0.1) is 29.2 Å². The minimum absolute atomic E-state index is 0.0884. The van der Waals surface area contributed by atoms with Gasteiger partial charge in [0.25, 0.3) is 0 Å². The van der Waals surface area contributed by atoms with Crippen LogP contribution in [0.2, 0.25) is 0 Å². The van der Waals surface area contributed by atoms with E-state index in [4.69, 9.17) is 4.74 Å². The van der Waals surface area contributed by atoms with Gasteiger partial charge in [-0.15, -0.1) is 11.3 Å². The minimum atomic E-state index is -4.46. The number of benzene rings is 2. The number of ether oxygens (including phenoxy) is 1. The van der Waals surface area contributed by atoms with E-state index in [1.165, 1.54) is 23.5 Å². The molecule has 0 unspecified atom stereocenters. The summed E-state index contributed by atoms with van der Waals surface area (Å²) < 4.78 is 46.3. The fourth-order valence-corrected chi connectivity index (χ4v) is 4.19. The van der Waals surface area contributed by atoms with Crippen LogP contribution in [0.25, 0.3) is 11.1 Å². The van der Waals surface area contributed by atoms with Crippen LogP contribution in [0, 0.1) is 6.92 Å². The molecule has 1 aromatic heterocycles. The highest BCUT2D eigenvalue weighted by molar-refractivity contribution is 7.09. The first-order chi connectivity index (χ1) is 14.3. The highest BCUT2D eigenvalue weighted by atomic mass is 32.1. The number of para-hydroxylation sites is 1. The summed E-state index contributed by atoms with van der Waals surface area (Å²) >= 11 is 1.49. The molecule has 30 heavy (non-hydrogen) atoms. The zero-order valence-corrected chi connectivity index (χ0v) is 16.9. The Balaban J connectivity index is 1.47. The van der Waals surface area contributed by atoms with E-state index in [0.29, 0.717) is 17.7 Å². The lowest BCUT2D eigenvalue weighted by Crippen LogP contribution is -2.35. The van der Waals surface area contributed by atoms with E-state index in [-0.39, 0.29) is 30.5 Å². The first kappa shape index (κ1) is 20.4. The molecule has 0 aliphatic carbocycles. The average molecular weight is 432 g/mol. The quantitative estimate of drug-likeness (QED) is 0.630. The molecular formula is C22H19F3N2O2S. The molecule has 4 nitrogen and oxygen atoms in total. The van der Waals surface area contributed by atoms with Crippen molar-refractivity contribution in [3.63, 3.8) is 0 Å². The van der Waals surface area contributed by atoms with Crippen LogP contribution in [-0.4, -0.2) is 23.5 Å². The number of carbonyl (C=O) groups excluding carboxylic acids is 1. The van der Waals surface area contributed by atoms with Crippen LogP contribution in [0.5, 0.6) is 5.75 Å². The number of hydrogen-bond acceptors (Lipinski definition) is 4. The van der Waals surface area contributed by atoms with Crippen LogP contribution in [0.3, 0.4) is 0 Å². The summed E-state index contributed by atoms with van der Waals surface area (Å²) in [6.45, 7) is 2.15. The molecule has 4 rings (SSSR count). The lowest BCUT2D eigenvalue weighted by atomic mass is 9.96. The van der Waals surface area contributed by atoms with Crippen molar-refractivity contribution >= 4 is 17.2 Å². The van der Waals surface area contributed by atoms with E-state index in [2.05, 4.69) is 10.3 Å². The van der Waals surface area contributed by atoms with E-state index in [9.17, 15) is 18.0 Å². The number of aryl methyl sites for hydroxylation is 1. The predicted octanol–water partition coefficient (Wildman–Crippen LogP) is 4.80. The van der Waals surface area contributed by atoms with E-state index in [1.54, 1.807) is 18.2 Å². The molecule has 1 amide bonds. The summed E-state index contributed by atoms with van der Waals surface area (Å²) in [4.78, 5) is 16.4. The Morgan fingerprint density at radius 2 is 1.97 bits per heavy atom. The van der Waals surface area contributed by atoms with Gasteiger partial charge < -0.3 is 10.1 Å². The predicted molar refractivity (Wildman–Crippen MR) is 109 cm³/mol. The van der Waals surface area contributed by atoms with E-state index < -0.39 is 11.7 Å². The second-order valence-electron chi connectivity index (χ2n) is 7.12. The van der Waals surface area contributed by atoms with Crippen molar-refractivity contribution in [2.45, 2.75) is 32.0 Å². The highest BCUT2D eigenvalue weighted by Crippen LogP contribution is 2.43. The summed E-state index contributed by atoms with van der Waals surface area (Å²) in [5.41, 5.74) is 1.35. The minimum Gasteiger partial charge on any atom is -0.487 e. The maximum atomic E-state index is 13.5. The molecule has 3 aromatic rings. The Hall–Kier alpha value is -2.87. The first-order valence-corrected chi connectivity index (χ1v) is 10.3. The number of thiazole rings is 1. The third-order valence-corrected chi connectivity index (χ3v) is 5.71. The SMILES string of the molecule is Cc1nc(CC(=O)NC[C@@H]2Cc3cccc(-c4ccccc4C(F)(F)F)c3O2)cs1. The van der Waals surface area contributed by atoms with E-state index >= 15 is 0 Å². The number of nitrogens with one attached hydrogen (secondary N) is 1. The Kier molecular flexibility index (Phi) is 5.51. The third-order valence-electron chi connectivity index (χ3n) is 4.89. The fourth-order valence-electron chi connectivity index (χ4n) is 3.57. The molecule has 8 heteroatoms. The smallest absolute Gasteiger partial charge is 0.417 e. The third kappa shape index (κ3) is 4.33. The molecule has 0 saturated carbocycles. The number of aromatic nitrogens is 1. The summed E-state index contributed by atoms with van der Waals surface area (Å²) in [5, 5.41) is 5.58. The zero-order chi connectivity index (χ0) is 21.3. The van der Waals surface area contributed by atoms with Gasteiger partial charge in [-0.1, -0.05) is 36.4 Å². The van der Waals surface area contributed by atoms with Gasteiger partial charge in [0, 0.05) is 17.4 Å². The topological polar surface area (TPSA) is 51.2 Å². The van der Waals surface area contributed by atoms with Gasteiger partial charge in [-0.2, -0.15) is 13.2 Å². The number of hydrogen-bond donors (Lipinski definition) is 1. The molecule has 2 aromatic carbocycles. The number of carbonyl (C=O) groups is 1. The number of rotatable bonds is 5. The molecular weight excluding hydrogens is 413 g/mol. The Morgan fingerprint density at radius 1 is 1.20 bits per heavy atom. The maximum absolute atomic E-state index is 13.5. The highest BCUT2D eigenvalue weighted by Gasteiger charge is 2.35. The molecule has 1 aliphatic rings. The Morgan fingerprint density at radius 3 is 2.70 bits per heavy atom. The summed E-state index contributed by atoms with van der Waals surface area (Å²) in [6, 6.07) is 10.7. The number of amides is 1. The van der Waals surface area contributed by atoms with Crippen molar-refractivity contribution in [1.82, 2.24) is 10.3 Å². The Bertz CT molecular complexity index is 1080. The molecule has 0 saturated heterocycles. The van der Waals surface area contributed by atoms with Crippen molar-refractivity contribution in [2.75, 3.05) is 6.54 Å². The largest absolute Gasteiger partial charge is 0.487 e. The number of nitrogens with zero attached hydrogens (tertiary/aromatic N) is 1. The molecule has 0 spiro atoms. The van der Waals surface area contributed by atoms with Gasteiger partial charge in [0.1, 0.15) is 11.9 Å². The van der Waals surface area contributed by atoms with Gasteiger partial charge in [-0.3, -0.25) is 4.79 Å². The van der Waals surface area contributed by atoms with Crippen molar-refractivity contribution in [3.8, 4) is 16.9 Å². The molecule has 0 fully saturated rings. The van der Waals surface area contributed by atoms with Crippen molar-refractivity contribution in [1.29, 1.82) is 0 Å². The second kappa shape index (κ2) is 8.10. The molecule has 0 bridgehead atoms. The number of alkyl halides is 3. The van der Waals surface area contributed by atoms with Gasteiger partial charge in [-0.05, 0) is 24.1 Å². The van der Waals surface area contributed by atoms with Gasteiger partial charge in [0.2, 0.25) is 5.91 Å². The number of fused-ring (bicyclic) bond motifs is 1. The van der Waals surface area contributed by atoms with Crippen molar-refractivity contribution < 1.29 is 22.7 Å². The summed E-state index contributed by atoms with van der Waals surface area (Å²) in [6.07, 6.45) is -4.08. The molecule has 0 radical (unpaired) electrons. The van der Waals surface area contributed by atoms with Crippen LogP contribution >= 0.6 is 11.3 Å². The van der Waals surface area contributed by atoms with Crippen molar-refractivity contribution in [3.05, 3.63) is 69.7 Å². The van der Waals surface area contributed by atoms with Crippen molar-refractivity contribution in [2.24, 2.45) is 0 Å². The molecule has 156 valence electrons. The summed E-state index contributed by atoms with van der Waals surface area (Å²) in [7, 11) is 0. The first-order valence-electron chi connectivity index (χ1n) is 9.44. The normalized spacial score (nSPS) is 15.5. The lowest BCUT2D eigenvalue weighted by molar-refractivity contribution is -0.137. The standard InChI is InChI=1S/C22H19F3N2O2S/c1-13-27-15(12-30-13)10-20(28)26-11-16-9-14-5-4-7-18(21(14)29-16)17-6-2-3-8-19(17)22(23,24)25/h2-8,12,16H,9-11H2,1H3,(H,26,28)/t16-/m0/s1. The van der Waals surface area contributed by atoms with Crippen LogP contribution in [-0.2, 0) is 23.8 Å². The zero-order valence-electron chi connectivity index (χ0n) is 16.1. The molecule has 2 heterocycles. The number of halogens is 3. The average Bonchev–Trinajstić information content (AvgIpc) is 3.31. The maximum Gasteiger partial charge on any atom is 0.417 e. The Labute approximate surface area is 175 Å². The fraction of sp³-hybridized carbons (Fsp3) is 0.273. The van der Waals surface area contributed by atoms with Crippen LogP contribution in [0.1, 0.15) is 21.8 Å². The van der Waals surface area contributed by atoms with Gasteiger partial charge in [0.15, 0.2) is 0 Å². The van der Waals surface area contributed by atoms with E-state index in [0.717, 1.165) is 22.3 Å². The van der Waals surface area contributed by atoms with E-state index in [1.807, 2.05) is 18.4 Å². The van der Waals surface area contributed by atoms with Crippen LogP contribution in [0.4, 0.5) is 13.2 Å². The van der Waals surface area contributed by atoms with Gasteiger partial charge >= 0.3 is 6.18 Å². The second-order valence-corrected chi connectivity index (χ2v) is 8.18. The molecule has 1 N–H and O–H groups in total. The molecule has 1 aliphatic heterocycles. The summed E-state index contributed by atoms with van der Waals surface area (Å²) in [5.74, 6) is 0.283. The van der Waals surface area contributed by atoms with Gasteiger partial charge in [-0.25, -0.2) is 4.98 Å². The van der Waals surface area contributed by atoms with Crippen LogP contribution in [0.15, 0.2) is 47.8 Å². The lowest BCUT2D eigenvalue weighted by Gasteiger charge is -2.16. The monoisotopic (exact) mass is 432 g/mol. The van der Waals surface area contributed by atoms with Crippen LogP contribution < -0.4 is 10.1 Å².